The van der Waals surface area contributed by atoms with E-state index in [0.29, 0.717) is 13.0 Å². The topological polar surface area (TPSA) is 21.3 Å². The molecule has 2 aromatic rings. The quantitative estimate of drug-likeness (QED) is 0.775. The minimum absolute atomic E-state index is 0.181. The van der Waals surface area contributed by atoms with E-state index >= 15 is 0 Å². The van der Waals surface area contributed by atoms with Crippen LogP contribution in [-0.2, 0) is 6.61 Å². The summed E-state index contributed by atoms with van der Waals surface area (Å²) in [4.78, 5) is 0. The van der Waals surface area contributed by atoms with E-state index in [4.69, 9.17) is 11.2 Å². The Morgan fingerprint density at radius 1 is 1.14 bits per heavy atom. The van der Waals surface area contributed by atoms with Crippen LogP contribution in [0.2, 0.25) is 0 Å². The van der Waals surface area contributed by atoms with Crippen molar-refractivity contribution in [3.8, 4) is 18.1 Å². The fourth-order valence-electron chi connectivity index (χ4n) is 2.23. The van der Waals surface area contributed by atoms with Gasteiger partial charge < -0.3 is 10.1 Å². The van der Waals surface area contributed by atoms with E-state index in [0.717, 1.165) is 17.9 Å². The van der Waals surface area contributed by atoms with Gasteiger partial charge in [-0.3, -0.25) is 0 Å². The average Bonchev–Trinajstić information content (AvgIpc) is 2.54. The molecule has 0 spiro atoms. The Bertz CT molecular complexity index is 586. The van der Waals surface area contributed by atoms with Crippen LogP contribution >= 0.6 is 0 Å². The highest BCUT2D eigenvalue weighted by atomic mass is 16.5. The van der Waals surface area contributed by atoms with Crippen LogP contribution in [0.15, 0.2) is 54.6 Å². The second kappa shape index (κ2) is 8.14. The summed E-state index contributed by atoms with van der Waals surface area (Å²) >= 11 is 0. The molecule has 0 radical (unpaired) electrons. The molecule has 0 saturated carbocycles. The number of hydrogen-bond donors (Lipinski definition) is 1. The average molecular weight is 279 g/mol. The molecule has 1 unspecified atom stereocenters. The van der Waals surface area contributed by atoms with Crippen molar-refractivity contribution in [3.63, 3.8) is 0 Å². The van der Waals surface area contributed by atoms with Crippen molar-refractivity contribution in [2.24, 2.45) is 0 Å². The largest absolute Gasteiger partial charge is 0.489 e. The normalized spacial score (nSPS) is 11.6. The molecule has 0 aliphatic carbocycles. The van der Waals surface area contributed by atoms with Gasteiger partial charge in [0.15, 0.2) is 0 Å². The van der Waals surface area contributed by atoms with E-state index in [-0.39, 0.29) is 6.04 Å². The van der Waals surface area contributed by atoms with Crippen LogP contribution in [0.5, 0.6) is 5.75 Å². The summed E-state index contributed by atoms with van der Waals surface area (Å²) in [6.07, 6.45) is 6.13. The van der Waals surface area contributed by atoms with Crippen LogP contribution in [-0.4, -0.2) is 6.54 Å². The molecule has 0 aliphatic rings. The molecule has 0 saturated heterocycles. The number of nitrogens with one attached hydrogen (secondary N) is 1. The number of rotatable bonds is 7. The van der Waals surface area contributed by atoms with E-state index in [9.17, 15) is 0 Å². The van der Waals surface area contributed by atoms with Crippen molar-refractivity contribution < 1.29 is 4.74 Å². The van der Waals surface area contributed by atoms with Gasteiger partial charge in [0.2, 0.25) is 0 Å². The number of benzene rings is 2. The minimum Gasteiger partial charge on any atom is -0.489 e. The van der Waals surface area contributed by atoms with Gasteiger partial charge in [-0.05, 0) is 29.8 Å². The van der Waals surface area contributed by atoms with Crippen molar-refractivity contribution in [2.45, 2.75) is 26.0 Å². The Labute approximate surface area is 127 Å². The van der Waals surface area contributed by atoms with Crippen LogP contribution in [0.1, 0.15) is 30.5 Å². The zero-order valence-corrected chi connectivity index (χ0v) is 12.4. The first-order valence-corrected chi connectivity index (χ1v) is 7.27. The van der Waals surface area contributed by atoms with Gasteiger partial charge in [-0.25, -0.2) is 0 Å². The SMILES string of the molecule is C#CCC(NCC)c1cccc(OCc2ccccc2)c1. The highest BCUT2D eigenvalue weighted by Crippen LogP contribution is 2.22. The Hall–Kier alpha value is -2.24. The summed E-state index contributed by atoms with van der Waals surface area (Å²) in [5.74, 6) is 3.60. The molecule has 2 aromatic carbocycles. The zero-order valence-electron chi connectivity index (χ0n) is 12.4. The molecule has 0 amide bonds. The van der Waals surface area contributed by atoms with Crippen LogP contribution in [0, 0.1) is 12.3 Å². The van der Waals surface area contributed by atoms with Gasteiger partial charge in [0.05, 0.1) is 0 Å². The molecule has 0 aromatic heterocycles. The lowest BCUT2D eigenvalue weighted by atomic mass is 10.0. The molecule has 1 N–H and O–H groups in total. The van der Waals surface area contributed by atoms with E-state index in [1.807, 2.05) is 30.3 Å². The van der Waals surface area contributed by atoms with E-state index < -0.39 is 0 Å². The van der Waals surface area contributed by atoms with Gasteiger partial charge in [-0.15, -0.1) is 12.3 Å². The Kier molecular flexibility index (Phi) is 5.87. The van der Waals surface area contributed by atoms with Gasteiger partial charge in [-0.2, -0.15) is 0 Å². The van der Waals surface area contributed by atoms with Gasteiger partial charge >= 0.3 is 0 Å². The predicted molar refractivity (Wildman–Crippen MR) is 87.1 cm³/mol. The first-order chi connectivity index (χ1) is 10.3. The maximum absolute atomic E-state index is 5.86. The van der Waals surface area contributed by atoms with Crippen molar-refractivity contribution in [3.05, 3.63) is 65.7 Å². The summed E-state index contributed by atoms with van der Waals surface area (Å²) in [5, 5.41) is 3.40. The molecule has 21 heavy (non-hydrogen) atoms. The number of terminal acetylenes is 1. The minimum atomic E-state index is 0.181. The van der Waals surface area contributed by atoms with Crippen molar-refractivity contribution in [1.82, 2.24) is 5.32 Å². The summed E-state index contributed by atoms with van der Waals surface area (Å²) < 4.78 is 5.86. The van der Waals surface area contributed by atoms with Gasteiger partial charge in [-0.1, -0.05) is 49.4 Å². The summed E-state index contributed by atoms with van der Waals surface area (Å²) in [7, 11) is 0. The monoisotopic (exact) mass is 279 g/mol. The number of ether oxygens (including phenoxy) is 1. The van der Waals surface area contributed by atoms with Gasteiger partial charge in [0.25, 0.3) is 0 Å². The molecule has 2 heteroatoms. The maximum Gasteiger partial charge on any atom is 0.120 e. The highest BCUT2D eigenvalue weighted by Gasteiger charge is 2.09. The van der Waals surface area contributed by atoms with Crippen LogP contribution < -0.4 is 10.1 Å². The lowest BCUT2D eigenvalue weighted by molar-refractivity contribution is 0.305. The standard InChI is InChI=1S/C19H21NO/c1-3-9-19(20-4-2)17-12-8-13-18(14-17)21-15-16-10-6-5-7-11-16/h1,5-8,10-14,19-20H,4,9,15H2,2H3. The zero-order chi connectivity index (χ0) is 14.9. The third-order valence-corrected chi connectivity index (χ3v) is 3.28. The smallest absolute Gasteiger partial charge is 0.120 e. The predicted octanol–water partition coefficient (Wildman–Crippen LogP) is 3.94. The molecule has 0 bridgehead atoms. The summed E-state index contributed by atoms with van der Waals surface area (Å²) in [5.41, 5.74) is 2.33. The van der Waals surface area contributed by atoms with Crippen molar-refractivity contribution >= 4 is 0 Å². The molecule has 2 nitrogen and oxygen atoms in total. The molecule has 1 atom stereocenters. The Balaban J connectivity index is 2.04. The fraction of sp³-hybridized carbons (Fsp3) is 0.263. The summed E-state index contributed by atoms with van der Waals surface area (Å²) in [6.45, 7) is 3.55. The van der Waals surface area contributed by atoms with E-state index in [1.54, 1.807) is 0 Å². The van der Waals surface area contributed by atoms with Crippen LogP contribution in [0.3, 0.4) is 0 Å². The molecular formula is C19H21NO. The molecule has 0 heterocycles. The van der Waals surface area contributed by atoms with Crippen molar-refractivity contribution in [1.29, 1.82) is 0 Å². The van der Waals surface area contributed by atoms with Gasteiger partial charge in [0.1, 0.15) is 12.4 Å². The second-order valence-electron chi connectivity index (χ2n) is 4.87. The first-order valence-electron chi connectivity index (χ1n) is 7.27. The number of hydrogen-bond acceptors (Lipinski definition) is 2. The van der Waals surface area contributed by atoms with E-state index in [2.05, 4.69) is 42.4 Å². The Morgan fingerprint density at radius 2 is 1.95 bits per heavy atom. The third kappa shape index (κ3) is 4.66. The van der Waals surface area contributed by atoms with Crippen molar-refractivity contribution in [2.75, 3.05) is 6.54 Å². The Morgan fingerprint density at radius 3 is 2.67 bits per heavy atom. The first kappa shape index (κ1) is 15.2. The maximum atomic E-state index is 5.86. The molecule has 2 rings (SSSR count). The van der Waals surface area contributed by atoms with Crippen LogP contribution in [0.4, 0.5) is 0 Å². The molecule has 0 fully saturated rings. The highest BCUT2D eigenvalue weighted by molar-refractivity contribution is 5.31. The van der Waals surface area contributed by atoms with Crippen LogP contribution in [0.25, 0.3) is 0 Å². The van der Waals surface area contributed by atoms with E-state index in [1.165, 1.54) is 5.56 Å². The fourth-order valence-corrected chi connectivity index (χ4v) is 2.23. The second-order valence-corrected chi connectivity index (χ2v) is 4.87. The third-order valence-electron chi connectivity index (χ3n) is 3.28. The lowest BCUT2D eigenvalue weighted by Gasteiger charge is -2.17. The summed E-state index contributed by atoms with van der Waals surface area (Å²) in [6, 6.07) is 18.5. The molecular weight excluding hydrogens is 258 g/mol. The lowest BCUT2D eigenvalue weighted by Crippen LogP contribution is -2.20. The molecule has 108 valence electrons. The van der Waals surface area contributed by atoms with Gasteiger partial charge in [0, 0.05) is 12.5 Å². The molecule has 0 aliphatic heterocycles.